The van der Waals surface area contributed by atoms with Crippen LogP contribution in [0.1, 0.15) is 15.5 Å². The zero-order valence-corrected chi connectivity index (χ0v) is 11.6. The van der Waals surface area contributed by atoms with Crippen LogP contribution in [0.2, 0.25) is 0 Å². The zero-order chi connectivity index (χ0) is 14.5. The highest BCUT2D eigenvalue weighted by Crippen LogP contribution is 2.23. The molecule has 0 bridgehead atoms. The number of rotatable bonds is 4. The first-order valence-corrected chi connectivity index (χ1v) is 6.90. The summed E-state index contributed by atoms with van der Waals surface area (Å²) in [4.78, 5) is 32.7. The molecule has 0 saturated carbocycles. The second kappa shape index (κ2) is 6.14. The fourth-order valence-electron chi connectivity index (χ4n) is 1.59. The third-order valence-corrected chi connectivity index (χ3v) is 3.61. The average molecular weight is 298 g/mol. The Labute approximate surface area is 124 Å². The molecule has 0 unspecified atom stereocenters. The van der Waals surface area contributed by atoms with Crippen molar-refractivity contribution in [3.63, 3.8) is 0 Å². The summed E-state index contributed by atoms with van der Waals surface area (Å²) >= 11 is 1.29. The Bertz CT molecular complexity index is 731. The van der Waals surface area contributed by atoms with Gasteiger partial charge in [-0.1, -0.05) is 0 Å². The lowest BCUT2D eigenvalue weighted by molar-refractivity contribution is 0.0953. The van der Waals surface area contributed by atoms with Gasteiger partial charge in [0.25, 0.3) is 5.91 Å². The molecule has 8 heteroatoms. The van der Waals surface area contributed by atoms with Gasteiger partial charge in [-0.2, -0.15) is 0 Å². The van der Waals surface area contributed by atoms with Crippen LogP contribution in [0.15, 0.2) is 43.4 Å². The molecule has 3 heterocycles. The van der Waals surface area contributed by atoms with E-state index in [1.165, 1.54) is 23.9 Å². The highest BCUT2D eigenvalue weighted by molar-refractivity contribution is 7.16. The molecule has 0 aliphatic carbocycles. The van der Waals surface area contributed by atoms with Gasteiger partial charge in [0.05, 0.1) is 12.7 Å². The molecule has 104 valence electrons. The average Bonchev–Trinajstić information content (AvgIpc) is 3.04. The monoisotopic (exact) mass is 298 g/mol. The van der Waals surface area contributed by atoms with E-state index in [1.54, 1.807) is 30.9 Å². The molecule has 0 fully saturated rings. The molecule has 0 atom stereocenters. The molecular formula is C13H10N6OS. The second-order valence-electron chi connectivity index (χ2n) is 4.00. The van der Waals surface area contributed by atoms with Gasteiger partial charge in [0.15, 0.2) is 0 Å². The molecule has 3 aromatic rings. The van der Waals surface area contributed by atoms with Gasteiger partial charge in [0, 0.05) is 30.4 Å². The van der Waals surface area contributed by atoms with E-state index in [4.69, 9.17) is 0 Å². The minimum absolute atomic E-state index is 0.206. The van der Waals surface area contributed by atoms with Gasteiger partial charge in [-0.25, -0.2) is 24.9 Å². The van der Waals surface area contributed by atoms with Gasteiger partial charge in [-0.15, -0.1) is 11.3 Å². The molecule has 0 aromatic carbocycles. The lowest BCUT2D eigenvalue weighted by atomic mass is 10.4. The summed E-state index contributed by atoms with van der Waals surface area (Å²) in [6, 6.07) is 1.72. The van der Waals surface area contributed by atoms with E-state index in [1.807, 2.05) is 0 Å². The van der Waals surface area contributed by atoms with Crippen LogP contribution in [0.25, 0.3) is 10.6 Å². The van der Waals surface area contributed by atoms with Crippen LogP contribution in [-0.2, 0) is 6.54 Å². The van der Waals surface area contributed by atoms with Crippen LogP contribution in [0.5, 0.6) is 0 Å². The summed E-state index contributed by atoms with van der Waals surface area (Å²) < 4.78 is 0. The minimum Gasteiger partial charge on any atom is -0.344 e. The van der Waals surface area contributed by atoms with E-state index >= 15 is 0 Å². The van der Waals surface area contributed by atoms with Gasteiger partial charge < -0.3 is 5.32 Å². The molecule has 3 rings (SSSR count). The molecule has 1 N–H and O–H groups in total. The minimum atomic E-state index is -0.206. The lowest BCUT2D eigenvalue weighted by Gasteiger charge is -2.01. The van der Waals surface area contributed by atoms with Crippen molar-refractivity contribution in [2.75, 3.05) is 0 Å². The topological polar surface area (TPSA) is 93.6 Å². The number of nitrogens with zero attached hydrogens (tertiary/aromatic N) is 5. The van der Waals surface area contributed by atoms with Crippen molar-refractivity contribution >= 4 is 17.2 Å². The van der Waals surface area contributed by atoms with Gasteiger partial charge in [0.1, 0.15) is 22.0 Å². The highest BCUT2D eigenvalue weighted by atomic mass is 32.1. The summed E-state index contributed by atoms with van der Waals surface area (Å²) in [5, 5.41) is 3.46. The maximum absolute atomic E-state index is 12.0. The van der Waals surface area contributed by atoms with Crippen LogP contribution in [-0.4, -0.2) is 30.8 Å². The Hall–Kier alpha value is -2.74. The van der Waals surface area contributed by atoms with Crippen molar-refractivity contribution in [2.24, 2.45) is 0 Å². The van der Waals surface area contributed by atoms with Crippen molar-refractivity contribution < 1.29 is 4.79 Å². The van der Waals surface area contributed by atoms with Crippen molar-refractivity contribution in [3.05, 3.63) is 54.1 Å². The highest BCUT2D eigenvalue weighted by Gasteiger charge is 2.12. The number of hydrogen-bond acceptors (Lipinski definition) is 7. The number of thiazole rings is 1. The SMILES string of the molecule is O=C(NCc1ncccn1)c1cnc(-c2cncnc2)s1. The van der Waals surface area contributed by atoms with E-state index in [9.17, 15) is 4.79 Å². The number of amides is 1. The summed E-state index contributed by atoms with van der Waals surface area (Å²) in [7, 11) is 0. The summed E-state index contributed by atoms with van der Waals surface area (Å²) in [5.74, 6) is 0.357. The van der Waals surface area contributed by atoms with Gasteiger partial charge in [-0.3, -0.25) is 4.79 Å². The van der Waals surface area contributed by atoms with E-state index in [2.05, 4.69) is 30.2 Å². The standard InChI is InChI=1S/C13H10N6OS/c20-12(18-7-11-16-2-1-3-17-11)10-6-19-13(21-10)9-4-14-8-15-5-9/h1-6,8H,7H2,(H,18,20). The Morgan fingerprint density at radius 1 is 1.10 bits per heavy atom. The summed E-state index contributed by atoms with van der Waals surface area (Å²) in [5.41, 5.74) is 0.785. The molecule has 7 nitrogen and oxygen atoms in total. The van der Waals surface area contributed by atoms with Crippen molar-refractivity contribution in [1.29, 1.82) is 0 Å². The number of carbonyl (C=O) groups is 1. The van der Waals surface area contributed by atoms with Crippen LogP contribution in [0.3, 0.4) is 0 Å². The van der Waals surface area contributed by atoms with Crippen LogP contribution in [0.4, 0.5) is 0 Å². The zero-order valence-electron chi connectivity index (χ0n) is 10.8. The third kappa shape index (κ3) is 3.23. The Kier molecular flexibility index (Phi) is 3.88. The van der Waals surface area contributed by atoms with Crippen molar-refractivity contribution in [3.8, 4) is 10.6 Å². The Morgan fingerprint density at radius 3 is 2.62 bits per heavy atom. The predicted molar refractivity (Wildman–Crippen MR) is 76.3 cm³/mol. The van der Waals surface area contributed by atoms with E-state index in [-0.39, 0.29) is 12.5 Å². The molecule has 1 amide bonds. The fourth-order valence-corrected chi connectivity index (χ4v) is 2.40. The van der Waals surface area contributed by atoms with Crippen molar-refractivity contribution in [1.82, 2.24) is 30.2 Å². The van der Waals surface area contributed by atoms with Crippen LogP contribution in [0, 0.1) is 0 Å². The summed E-state index contributed by atoms with van der Waals surface area (Å²) in [6.45, 7) is 0.279. The van der Waals surface area contributed by atoms with Crippen molar-refractivity contribution in [2.45, 2.75) is 6.54 Å². The Morgan fingerprint density at radius 2 is 1.86 bits per heavy atom. The molecular weight excluding hydrogens is 288 g/mol. The normalized spacial score (nSPS) is 10.3. The molecule has 0 aliphatic rings. The summed E-state index contributed by atoms with van der Waals surface area (Å²) in [6.07, 6.45) is 9.57. The second-order valence-corrected chi connectivity index (χ2v) is 5.04. The van der Waals surface area contributed by atoms with Crippen LogP contribution >= 0.6 is 11.3 Å². The predicted octanol–water partition coefficient (Wildman–Crippen LogP) is 1.32. The quantitative estimate of drug-likeness (QED) is 0.780. The molecule has 21 heavy (non-hydrogen) atoms. The number of nitrogens with one attached hydrogen (secondary N) is 1. The van der Waals surface area contributed by atoms with Gasteiger partial charge in [0.2, 0.25) is 0 Å². The molecule has 0 saturated heterocycles. The van der Waals surface area contributed by atoms with Gasteiger partial charge >= 0.3 is 0 Å². The first kappa shape index (κ1) is 13.3. The Balaban J connectivity index is 1.67. The largest absolute Gasteiger partial charge is 0.344 e. The molecule has 0 aliphatic heterocycles. The number of hydrogen-bond donors (Lipinski definition) is 1. The smallest absolute Gasteiger partial charge is 0.263 e. The van der Waals surface area contributed by atoms with E-state index in [0.29, 0.717) is 15.7 Å². The fraction of sp³-hybridized carbons (Fsp3) is 0.0769. The first-order chi connectivity index (χ1) is 10.3. The molecule has 3 aromatic heterocycles. The maximum atomic E-state index is 12.0. The lowest BCUT2D eigenvalue weighted by Crippen LogP contribution is -2.22. The van der Waals surface area contributed by atoms with E-state index in [0.717, 1.165) is 5.56 Å². The number of aromatic nitrogens is 5. The molecule has 0 radical (unpaired) electrons. The van der Waals surface area contributed by atoms with Crippen LogP contribution < -0.4 is 5.32 Å². The molecule has 0 spiro atoms. The third-order valence-electron chi connectivity index (χ3n) is 2.56. The van der Waals surface area contributed by atoms with E-state index < -0.39 is 0 Å². The van der Waals surface area contributed by atoms with Gasteiger partial charge in [-0.05, 0) is 6.07 Å². The number of carbonyl (C=O) groups excluding carboxylic acids is 1. The first-order valence-electron chi connectivity index (χ1n) is 6.08. The maximum Gasteiger partial charge on any atom is 0.263 e.